The fourth-order valence-electron chi connectivity index (χ4n) is 2.97. The average Bonchev–Trinajstić information content (AvgIpc) is 3.13. The van der Waals surface area contributed by atoms with Crippen molar-refractivity contribution in [2.45, 2.75) is 22.4 Å². The number of rotatable bonds is 6. The number of halogens is 3. The largest absolute Gasteiger partial charge is 0.435 e. The van der Waals surface area contributed by atoms with Crippen molar-refractivity contribution < 1.29 is 26.7 Å². The van der Waals surface area contributed by atoms with Crippen molar-refractivity contribution in [1.82, 2.24) is 9.78 Å². The summed E-state index contributed by atoms with van der Waals surface area (Å²) in [5.41, 5.74) is 0.0181. The molecule has 3 N–H and O–H groups in total. The quantitative estimate of drug-likeness (QED) is 0.553. The minimum Gasteiger partial charge on any atom is -0.396 e. The van der Waals surface area contributed by atoms with Gasteiger partial charge in [-0.05, 0) is 54.6 Å². The lowest BCUT2D eigenvalue weighted by Crippen LogP contribution is -2.16. The maximum Gasteiger partial charge on any atom is 0.435 e. The first kappa shape index (κ1) is 22.3. The van der Waals surface area contributed by atoms with Gasteiger partial charge in [0.1, 0.15) is 0 Å². The van der Waals surface area contributed by atoms with Gasteiger partial charge in [-0.3, -0.25) is 0 Å². The SMILES string of the molecule is CSc1ccc(-c2cc(C(F)(F)F)nn2-c2ccc(S(N)(=O)=O)c(CCO)c2)cc1. The average molecular weight is 457 g/mol. The van der Waals surface area contributed by atoms with Crippen LogP contribution in [0.5, 0.6) is 0 Å². The van der Waals surface area contributed by atoms with E-state index in [1.807, 2.05) is 6.26 Å². The molecule has 11 heteroatoms. The van der Waals surface area contributed by atoms with Gasteiger partial charge in [-0.1, -0.05) is 12.1 Å². The fraction of sp³-hybridized carbons (Fsp3) is 0.211. The Kier molecular flexibility index (Phi) is 6.27. The minimum absolute atomic E-state index is 0.0370. The molecule has 0 atom stereocenters. The molecule has 160 valence electrons. The Bertz CT molecular complexity index is 1160. The third-order valence-corrected chi connectivity index (χ3v) is 6.12. The molecule has 0 radical (unpaired) electrons. The van der Waals surface area contributed by atoms with Crippen LogP contribution in [0.2, 0.25) is 0 Å². The van der Waals surface area contributed by atoms with Crippen molar-refractivity contribution >= 4 is 21.8 Å². The summed E-state index contributed by atoms with van der Waals surface area (Å²) >= 11 is 1.50. The van der Waals surface area contributed by atoms with Gasteiger partial charge in [0.15, 0.2) is 5.69 Å². The van der Waals surface area contributed by atoms with E-state index in [2.05, 4.69) is 5.10 Å². The van der Waals surface area contributed by atoms with Crippen LogP contribution in [0.1, 0.15) is 11.3 Å². The van der Waals surface area contributed by atoms with Crippen LogP contribution >= 0.6 is 11.8 Å². The molecular formula is C19H18F3N3O3S2. The summed E-state index contributed by atoms with van der Waals surface area (Å²) < 4.78 is 64.7. The molecule has 6 nitrogen and oxygen atoms in total. The number of thioether (sulfide) groups is 1. The third-order valence-electron chi connectivity index (χ3n) is 4.36. The third kappa shape index (κ3) is 4.69. The van der Waals surface area contributed by atoms with E-state index in [0.717, 1.165) is 15.6 Å². The summed E-state index contributed by atoms with van der Waals surface area (Å²) in [7, 11) is -4.07. The van der Waals surface area contributed by atoms with Gasteiger partial charge in [-0.15, -0.1) is 11.8 Å². The van der Waals surface area contributed by atoms with Crippen LogP contribution in [0.4, 0.5) is 13.2 Å². The first-order valence-corrected chi connectivity index (χ1v) is 11.4. The molecule has 0 aliphatic rings. The first-order valence-electron chi connectivity index (χ1n) is 8.63. The van der Waals surface area contributed by atoms with Gasteiger partial charge in [-0.2, -0.15) is 18.3 Å². The lowest BCUT2D eigenvalue weighted by Gasteiger charge is -2.12. The van der Waals surface area contributed by atoms with Crippen LogP contribution in [0, 0.1) is 0 Å². The van der Waals surface area contributed by atoms with E-state index in [-0.39, 0.29) is 34.9 Å². The molecule has 30 heavy (non-hydrogen) atoms. The lowest BCUT2D eigenvalue weighted by atomic mass is 10.1. The molecule has 0 fully saturated rings. The molecule has 3 aromatic rings. The second kappa shape index (κ2) is 8.42. The van der Waals surface area contributed by atoms with Crippen LogP contribution < -0.4 is 5.14 Å². The molecule has 0 aliphatic heterocycles. The Morgan fingerprint density at radius 2 is 1.80 bits per heavy atom. The lowest BCUT2D eigenvalue weighted by molar-refractivity contribution is -0.141. The number of aromatic nitrogens is 2. The van der Waals surface area contributed by atoms with Gasteiger partial charge < -0.3 is 5.11 Å². The summed E-state index contributed by atoms with van der Waals surface area (Å²) in [6.45, 7) is -0.359. The molecule has 1 heterocycles. The zero-order chi connectivity index (χ0) is 22.1. The molecule has 1 aromatic heterocycles. The number of nitrogens with zero attached hydrogens (tertiary/aromatic N) is 2. The molecule has 0 bridgehead atoms. The van der Waals surface area contributed by atoms with Crippen LogP contribution in [0.3, 0.4) is 0 Å². The van der Waals surface area contributed by atoms with Crippen LogP contribution in [0.15, 0.2) is 58.3 Å². The topological polar surface area (TPSA) is 98.2 Å². The second-order valence-electron chi connectivity index (χ2n) is 6.36. The maximum atomic E-state index is 13.3. The molecule has 0 spiro atoms. The highest BCUT2D eigenvalue weighted by atomic mass is 32.2. The molecule has 0 aliphatic carbocycles. The van der Waals surface area contributed by atoms with Crippen LogP contribution in [-0.2, 0) is 22.6 Å². The highest BCUT2D eigenvalue weighted by Crippen LogP contribution is 2.34. The zero-order valence-corrected chi connectivity index (χ0v) is 17.4. The van der Waals surface area contributed by atoms with Gasteiger partial charge in [0, 0.05) is 17.1 Å². The van der Waals surface area contributed by atoms with Crippen molar-refractivity contribution in [2.75, 3.05) is 12.9 Å². The van der Waals surface area contributed by atoms with E-state index in [1.165, 1.54) is 30.0 Å². The standard InChI is InChI=1S/C19H18F3N3O3S2/c1-29-15-5-2-12(3-6-15)16-11-18(19(20,21)22)24-25(16)14-4-7-17(30(23,27)28)13(10-14)8-9-26/h2-7,10-11,26H,8-9H2,1H3,(H2,23,27,28). The summed E-state index contributed by atoms with van der Waals surface area (Å²) in [4.78, 5) is 0.748. The second-order valence-corrected chi connectivity index (χ2v) is 8.77. The van der Waals surface area contributed by atoms with Crippen molar-refractivity contribution in [3.8, 4) is 16.9 Å². The minimum atomic E-state index is -4.66. The fourth-order valence-corrected chi connectivity index (χ4v) is 4.17. The predicted molar refractivity (Wildman–Crippen MR) is 108 cm³/mol. The summed E-state index contributed by atoms with van der Waals surface area (Å²) in [5.74, 6) is 0. The molecule has 2 aromatic carbocycles. The van der Waals surface area contributed by atoms with Crippen molar-refractivity contribution in [3.05, 3.63) is 59.8 Å². The number of aliphatic hydroxyl groups excluding tert-OH is 1. The van der Waals surface area contributed by atoms with E-state index in [9.17, 15) is 26.7 Å². The monoisotopic (exact) mass is 457 g/mol. The highest BCUT2D eigenvalue weighted by Gasteiger charge is 2.35. The Morgan fingerprint density at radius 3 is 2.33 bits per heavy atom. The van der Waals surface area contributed by atoms with Crippen molar-refractivity contribution in [3.63, 3.8) is 0 Å². The van der Waals surface area contributed by atoms with E-state index in [0.29, 0.717) is 5.56 Å². The molecule has 0 amide bonds. The van der Waals surface area contributed by atoms with Gasteiger partial charge in [0.05, 0.1) is 16.3 Å². The predicted octanol–water partition coefficient (Wildman–Crippen LogP) is 3.46. The van der Waals surface area contributed by atoms with Crippen LogP contribution in [0.25, 0.3) is 16.9 Å². The van der Waals surface area contributed by atoms with E-state index < -0.39 is 21.9 Å². The number of sulfonamides is 1. The Hall–Kier alpha value is -2.34. The Balaban J connectivity index is 2.21. The number of hydrogen-bond donors (Lipinski definition) is 2. The Labute approximate surface area is 175 Å². The number of primary sulfonamides is 1. The van der Waals surface area contributed by atoms with E-state index in [1.54, 1.807) is 24.3 Å². The highest BCUT2D eigenvalue weighted by molar-refractivity contribution is 7.98. The van der Waals surface area contributed by atoms with Gasteiger partial charge in [0.25, 0.3) is 0 Å². The number of aliphatic hydroxyl groups is 1. The normalized spacial score (nSPS) is 12.3. The number of nitrogens with two attached hydrogens (primary N) is 1. The van der Waals surface area contributed by atoms with Gasteiger partial charge >= 0.3 is 6.18 Å². The van der Waals surface area contributed by atoms with Crippen LogP contribution in [-0.4, -0.2) is 36.2 Å². The Morgan fingerprint density at radius 1 is 1.13 bits per heavy atom. The summed E-state index contributed by atoms with van der Waals surface area (Å²) in [5, 5.41) is 18.2. The van der Waals surface area contributed by atoms with Gasteiger partial charge in [-0.25, -0.2) is 18.2 Å². The van der Waals surface area contributed by atoms with Crippen molar-refractivity contribution in [1.29, 1.82) is 0 Å². The molecule has 0 saturated heterocycles. The smallest absolute Gasteiger partial charge is 0.396 e. The van der Waals surface area contributed by atoms with Crippen molar-refractivity contribution in [2.24, 2.45) is 5.14 Å². The summed E-state index contributed by atoms with van der Waals surface area (Å²) in [6, 6.07) is 11.8. The zero-order valence-electron chi connectivity index (χ0n) is 15.7. The van der Waals surface area contributed by atoms with Gasteiger partial charge in [0.2, 0.25) is 10.0 Å². The molecule has 0 unspecified atom stereocenters. The molecule has 0 saturated carbocycles. The summed E-state index contributed by atoms with van der Waals surface area (Å²) in [6.07, 6.45) is -2.81. The van der Waals surface area contributed by atoms with E-state index in [4.69, 9.17) is 5.14 Å². The molecule has 3 rings (SSSR count). The first-order chi connectivity index (χ1) is 14.0. The number of benzene rings is 2. The number of hydrogen-bond acceptors (Lipinski definition) is 5. The van der Waals surface area contributed by atoms with E-state index >= 15 is 0 Å². The number of alkyl halides is 3. The maximum absolute atomic E-state index is 13.3. The molecular weight excluding hydrogens is 439 g/mol.